The lowest BCUT2D eigenvalue weighted by molar-refractivity contribution is 0.0665. The topological polar surface area (TPSA) is 91.0 Å². The van der Waals surface area contributed by atoms with Crippen molar-refractivity contribution in [3.8, 4) is 0 Å². The summed E-state index contributed by atoms with van der Waals surface area (Å²) in [7, 11) is 0.227. The Labute approximate surface area is 261 Å². The number of carbonyl (C=O) groups is 1. The molecule has 44 heavy (non-hydrogen) atoms. The van der Waals surface area contributed by atoms with E-state index in [1.807, 2.05) is 25.2 Å². The van der Waals surface area contributed by atoms with E-state index in [4.69, 9.17) is 4.74 Å². The summed E-state index contributed by atoms with van der Waals surface area (Å²) in [4.78, 5) is 17.7. The van der Waals surface area contributed by atoms with Gasteiger partial charge in [0, 0.05) is 49.2 Å². The summed E-state index contributed by atoms with van der Waals surface area (Å²) in [6, 6.07) is 14.6. The fourth-order valence-corrected chi connectivity index (χ4v) is 10.1. The molecule has 3 atom stereocenters. The quantitative estimate of drug-likeness (QED) is 0.377. The molecule has 0 unspecified atom stereocenters. The number of likely N-dealkylation sites (tertiary alicyclic amines) is 1. The molecule has 2 aliphatic heterocycles. The Kier molecular flexibility index (Phi) is 9.22. The Hall–Kier alpha value is -2.69. The molecule has 0 bridgehead atoms. The zero-order valence-corrected chi connectivity index (χ0v) is 26.8. The number of nitrogens with one attached hydrogen (secondary N) is 2. The Morgan fingerprint density at radius 3 is 2.39 bits per heavy atom. The second-order valence-corrected chi connectivity index (χ2v) is 15.7. The van der Waals surface area contributed by atoms with Crippen LogP contribution in [0.4, 0.5) is 14.9 Å². The molecule has 2 N–H and O–H groups in total. The predicted octanol–water partition coefficient (Wildman–Crippen LogP) is 4.59. The first-order valence-electron chi connectivity index (χ1n) is 16.3. The number of anilines is 1. The Morgan fingerprint density at radius 1 is 1.02 bits per heavy atom. The number of amides is 1. The van der Waals surface area contributed by atoms with E-state index in [9.17, 15) is 17.6 Å². The van der Waals surface area contributed by atoms with Crippen LogP contribution in [0, 0.1) is 23.6 Å². The molecular weight excluding hydrogens is 579 g/mol. The summed E-state index contributed by atoms with van der Waals surface area (Å²) >= 11 is 0. The van der Waals surface area contributed by atoms with Gasteiger partial charge < -0.3 is 25.2 Å². The minimum atomic E-state index is -3.15. The van der Waals surface area contributed by atoms with Crippen LogP contribution in [0.25, 0.3) is 0 Å². The molecule has 0 spiro atoms. The molecule has 2 aromatic carbocycles. The summed E-state index contributed by atoms with van der Waals surface area (Å²) in [5.74, 6) is 0.888. The number of methoxy groups -OCH3 is 1. The number of carbonyl (C=O) groups excluding carboxylic acids is 1. The van der Waals surface area contributed by atoms with Crippen LogP contribution >= 0.6 is 0 Å². The maximum atomic E-state index is 14.7. The third-order valence-electron chi connectivity index (χ3n) is 10.8. The van der Waals surface area contributed by atoms with Gasteiger partial charge in [0.05, 0.1) is 17.3 Å². The zero-order valence-electron chi connectivity index (χ0n) is 26.0. The number of alkyl carbamates (subject to hydrolysis) is 1. The van der Waals surface area contributed by atoms with Crippen LogP contribution in [0.2, 0.25) is 0 Å². The number of rotatable bonds is 11. The van der Waals surface area contributed by atoms with Gasteiger partial charge in [-0.1, -0.05) is 18.6 Å². The number of hydrogen-bond donors (Lipinski definition) is 2. The van der Waals surface area contributed by atoms with Crippen molar-refractivity contribution in [1.29, 1.82) is 0 Å². The van der Waals surface area contributed by atoms with Crippen molar-refractivity contribution in [2.45, 2.75) is 66.5 Å². The summed E-state index contributed by atoms with van der Waals surface area (Å²) in [6.45, 7) is 5.72. The molecule has 8 nitrogen and oxygen atoms in total. The Balaban J connectivity index is 1.10. The maximum absolute atomic E-state index is 14.7. The molecule has 6 rings (SSSR count). The number of sulfone groups is 1. The van der Waals surface area contributed by atoms with Crippen LogP contribution in [0.3, 0.4) is 0 Å². The molecule has 10 heteroatoms. The number of piperidine rings is 1. The molecule has 2 saturated heterocycles. The van der Waals surface area contributed by atoms with E-state index in [-0.39, 0.29) is 28.4 Å². The third kappa shape index (κ3) is 6.22. The molecule has 1 amide bonds. The number of hydrogen-bond acceptors (Lipinski definition) is 7. The highest BCUT2D eigenvalue weighted by molar-refractivity contribution is 7.92. The number of halogens is 1. The van der Waals surface area contributed by atoms with Crippen molar-refractivity contribution in [3.05, 3.63) is 59.9 Å². The predicted molar refractivity (Wildman–Crippen MR) is 170 cm³/mol. The first kappa shape index (κ1) is 31.3. The number of likely N-dealkylation sites (N-methyl/N-ethyl adjacent to an activating group) is 1. The van der Waals surface area contributed by atoms with Crippen molar-refractivity contribution in [2.24, 2.45) is 17.8 Å². The van der Waals surface area contributed by atoms with Gasteiger partial charge in [0.15, 0.2) is 9.84 Å². The van der Waals surface area contributed by atoms with Crippen molar-refractivity contribution in [1.82, 2.24) is 15.5 Å². The molecule has 2 aliphatic carbocycles. The van der Waals surface area contributed by atoms with E-state index < -0.39 is 15.9 Å². The first-order chi connectivity index (χ1) is 21.2. The van der Waals surface area contributed by atoms with Crippen molar-refractivity contribution >= 4 is 21.6 Å². The van der Waals surface area contributed by atoms with Gasteiger partial charge in [0.1, 0.15) is 5.82 Å². The molecule has 0 aromatic heterocycles. The lowest BCUT2D eigenvalue weighted by Gasteiger charge is -2.51. The standard InChI is InChI=1S/C34H47FN4O4S/c1-36-23-34(26-5-3-6-27(35)19-26,31-7-4-8-32(31)37-33(40)43-2)25-15-17-38(18-16-25)20-24-21-39(22-24)28-9-11-29(12-10-28)44(41,42)30-13-14-30/h3,5-6,9-12,19,24-25,30-32,36H,4,7-8,13-18,20-23H2,1-2H3,(H,37,40)/t31-,32-,34-/m0/s1. The summed E-state index contributed by atoms with van der Waals surface area (Å²) in [6.07, 6.45) is 6.11. The van der Waals surface area contributed by atoms with Gasteiger partial charge in [-0.2, -0.15) is 0 Å². The van der Waals surface area contributed by atoms with Crippen molar-refractivity contribution < 1.29 is 22.3 Å². The Bertz CT molecular complexity index is 1400. The molecule has 240 valence electrons. The molecule has 0 radical (unpaired) electrons. The lowest BCUT2D eigenvalue weighted by Crippen LogP contribution is -2.58. The molecule has 4 fully saturated rings. The van der Waals surface area contributed by atoms with E-state index in [2.05, 4.69) is 26.5 Å². The summed E-state index contributed by atoms with van der Waals surface area (Å²) in [5, 5.41) is 6.41. The van der Waals surface area contributed by atoms with E-state index >= 15 is 0 Å². The van der Waals surface area contributed by atoms with Gasteiger partial charge in [0.2, 0.25) is 0 Å². The average Bonchev–Trinajstić information content (AvgIpc) is 3.78. The molecular formula is C34H47FN4O4S. The van der Waals surface area contributed by atoms with E-state index in [1.54, 1.807) is 18.2 Å². The van der Waals surface area contributed by atoms with Crippen LogP contribution in [0.1, 0.15) is 50.5 Å². The van der Waals surface area contributed by atoms with Gasteiger partial charge in [0.25, 0.3) is 0 Å². The number of benzene rings is 2. The van der Waals surface area contributed by atoms with Crippen molar-refractivity contribution in [3.63, 3.8) is 0 Å². The minimum absolute atomic E-state index is 0.0130. The maximum Gasteiger partial charge on any atom is 0.407 e. The Morgan fingerprint density at radius 2 is 1.75 bits per heavy atom. The van der Waals surface area contributed by atoms with Crippen LogP contribution in [0.5, 0.6) is 0 Å². The first-order valence-corrected chi connectivity index (χ1v) is 17.9. The molecule has 4 aliphatic rings. The number of nitrogens with zero attached hydrogens (tertiary/aromatic N) is 2. The fourth-order valence-electron chi connectivity index (χ4n) is 8.47. The van der Waals surface area contributed by atoms with Gasteiger partial charge in [-0.25, -0.2) is 17.6 Å². The highest BCUT2D eigenvalue weighted by Crippen LogP contribution is 2.50. The molecule has 2 heterocycles. The fraction of sp³-hybridized carbons (Fsp3) is 0.618. The zero-order chi connectivity index (χ0) is 30.9. The van der Waals surface area contributed by atoms with Crippen LogP contribution in [-0.2, 0) is 20.0 Å². The van der Waals surface area contributed by atoms with E-state index in [1.165, 1.54) is 13.2 Å². The van der Waals surface area contributed by atoms with Crippen LogP contribution in [0.15, 0.2) is 53.4 Å². The summed E-state index contributed by atoms with van der Waals surface area (Å²) < 4.78 is 44.8. The van der Waals surface area contributed by atoms with Crippen LogP contribution < -0.4 is 15.5 Å². The van der Waals surface area contributed by atoms with Gasteiger partial charge in [-0.05, 0) is 112 Å². The highest BCUT2D eigenvalue weighted by atomic mass is 32.2. The van der Waals surface area contributed by atoms with Gasteiger partial charge >= 0.3 is 6.09 Å². The smallest absolute Gasteiger partial charge is 0.407 e. The third-order valence-corrected chi connectivity index (χ3v) is 13.1. The van der Waals surface area contributed by atoms with Crippen molar-refractivity contribution in [2.75, 3.05) is 58.3 Å². The second-order valence-electron chi connectivity index (χ2n) is 13.4. The monoisotopic (exact) mass is 626 g/mol. The summed E-state index contributed by atoms with van der Waals surface area (Å²) in [5.41, 5.74) is 1.81. The molecule has 2 saturated carbocycles. The SMILES string of the molecule is CNC[C@@](c1cccc(F)c1)(C1CCN(CC2CN(c3ccc(S(=O)(=O)C4CC4)cc3)C2)CC1)[C@H]1CCC[C@@H]1NC(=O)OC. The highest BCUT2D eigenvalue weighted by Gasteiger charge is 2.51. The second kappa shape index (κ2) is 13.0. The average molecular weight is 627 g/mol. The largest absolute Gasteiger partial charge is 0.453 e. The van der Waals surface area contributed by atoms with E-state index in [0.29, 0.717) is 16.7 Å². The number of ether oxygens (including phenoxy) is 1. The van der Waals surface area contributed by atoms with Crippen LogP contribution in [-0.4, -0.2) is 84.1 Å². The van der Waals surface area contributed by atoms with Gasteiger partial charge in [-0.15, -0.1) is 0 Å². The molecule has 2 aromatic rings. The van der Waals surface area contributed by atoms with Gasteiger partial charge in [-0.3, -0.25) is 0 Å². The minimum Gasteiger partial charge on any atom is -0.453 e. The normalized spacial score (nSPS) is 24.9. The lowest BCUT2D eigenvalue weighted by atomic mass is 9.58. The van der Waals surface area contributed by atoms with E-state index in [0.717, 1.165) is 95.5 Å².